The van der Waals surface area contributed by atoms with E-state index in [0.717, 1.165) is 45.7 Å². The summed E-state index contributed by atoms with van der Waals surface area (Å²) in [4.78, 5) is 10.9. The molecule has 2 aromatic carbocycles. The SMILES string of the molecule is CCC(CCS(C)=O)(COc1cc(C)c(-c2cccc(CNC3=CC=C(CCC(=O)O)C(F)=CC3)c2)c(C)c1)OC. The molecule has 3 rings (SSSR count). The van der Waals surface area contributed by atoms with Crippen LogP contribution in [0.1, 0.15) is 55.7 Å². The van der Waals surface area contributed by atoms with Crippen LogP contribution in [0.15, 0.2) is 71.7 Å². The second-order valence-corrected chi connectivity index (χ2v) is 12.1. The van der Waals surface area contributed by atoms with Crippen LogP contribution < -0.4 is 10.1 Å². The molecule has 0 bridgehead atoms. The Morgan fingerprint density at radius 1 is 1.17 bits per heavy atom. The quantitative estimate of drug-likeness (QED) is 0.236. The lowest BCUT2D eigenvalue weighted by molar-refractivity contribution is -0.136. The van der Waals surface area contributed by atoms with Gasteiger partial charge in [-0.1, -0.05) is 31.2 Å². The summed E-state index contributed by atoms with van der Waals surface area (Å²) in [6.07, 6.45) is 8.61. The molecule has 222 valence electrons. The number of hydrogen-bond acceptors (Lipinski definition) is 5. The van der Waals surface area contributed by atoms with Crippen LogP contribution in [0, 0.1) is 13.8 Å². The van der Waals surface area contributed by atoms with Crippen molar-refractivity contribution in [1.29, 1.82) is 0 Å². The maximum Gasteiger partial charge on any atom is 0.303 e. The first-order chi connectivity index (χ1) is 19.6. The van der Waals surface area contributed by atoms with Crippen molar-refractivity contribution in [3.63, 3.8) is 0 Å². The Labute approximate surface area is 245 Å². The predicted molar refractivity (Wildman–Crippen MR) is 164 cm³/mol. The topological polar surface area (TPSA) is 84.9 Å². The number of nitrogens with one attached hydrogen (secondary N) is 1. The molecule has 8 heteroatoms. The third-order valence-electron chi connectivity index (χ3n) is 7.57. The van der Waals surface area contributed by atoms with Gasteiger partial charge in [0.15, 0.2) is 0 Å². The second-order valence-electron chi connectivity index (χ2n) is 10.6. The smallest absolute Gasteiger partial charge is 0.303 e. The zero-order chi connectivity index (χ0) is 30.0. The molecule has 2 atom stereocenters. The lowest BCUT2D eigenvalue weighted by Crippen LogP contribution is -2.39. The van der Waals surface area contributed by atoms with E-state index < -0.39 is 22.4 Å². The molecule has 0 saturated carbocycles. The number of halogens is 1. The van der Waals surface area contributed by atoms with Gasteiger partial charge in [-0.25, -0.2) is 4.39 Å². The van der Waals surface area contributed by atoms with Gasteiger partial charge in [0.05, 0.1) is 0 Å². The first kappa shape index (κ1) is 32.3. The number of carbonyl (C=O) groups is 1. The monoisotopic (exact) mass is 583 g/mol. The predicted octanol–water partition coefficient (Wildman–Crippen LogP) is 6.93. The van der Waals surface area contributed by atoms with Gasteiger partial charge in [0, 0.05) is 55.0 Å². The summed E-state index contributed by atoms with van der Waals surface area (Å²) < 4.78 is 38.0. The highest BCUT2D eigenvalue weighted by Gasteiger charge is 2.29. The molecule has 2 aromatic rings. The summed E-state index contributed by atoms with van der Waals surface area (Å²) in [5, 5.41) is 12.3. The average molecular weight is 584 g/mol. The maximum absolute atomic E-state index is 14.4. The number of allylic oxidation sites excluding steroid dienone is 5. The fourth-order valence-corrected chi connectivity index (χ4v) is 5.63. The van der Waals surface area contributed by atoms with Crippen LogP contribution in [-0.2, 0) is 26.9 Å². The summed E-state index contributed by atoms with van der Waals surface area (Å²) in [6.45, 7) is 7.18. The van der Waals surface area contributed by atoms with Gasteiger partial charge in [0.1, 0.15) is 23.8 Å². The van der Waals surface area contributed by atoms with E-state index in [-0.39, 0.29) is 18.7 Å². The Morgan fingerprint density at radius 3 is 2.54 bits per heavy atom. The fourth-order valence-electron chi connectivity index (χ4n) is 4.97. The molecule has 1 aliphatic carbocycles. The fraction of sp³-hybridized carbons (Fsp3) is 0.424. The summed E-state index contributed by atoms with van der Waals surface area (Å²) in [5.74, 6) is 0.0532. The minimum absolute atomic E-state index is 0.1000. The zero-order valence-electron chi connectivity index (χ0n) is 24.7. The van der Waals surface area contributed by atoms with Crippen LogP contribution in [0.25, 0.3) is 11.1 Å². The Morgan fingerprint density at radius 2 is 1.90 bits per heavy atom. The molecular weight excluding hydrogens is 541 g/mol. The molecule has 0 radical (unpaired) electrons. The zero-order valence-corrected chi connectivity index (χ0v) is 25.5. The van der Waals surface area contributed by atoms with E-state index in [4.69, 9.17) is 14.6 Å². The molecule has 6 nitrogen and oxygen atoms in total. The van der Waals surface area contributed by atoms with Crippen LogP contribution in [0.5, 0.6) is 5.75 Å². The molecule has 0 saturated heterocycles. The summed E-state index contributed by atoms with van der Waals surface area (Å²) in [5.41, 5.74) is 6.35. The molecule has 0 aromatic heterocycles. The molecule has 2 N–H and O–H groups in total. The van der Waals surface area contributed by atoms with Gasteiger partial charge >= 0.3 is 5.97 Å². The van der Waals surface area contributed by atoms with Crippen molar-refractivity contribution in [2.45, 2.75) is 65.0 Å². The average Bonchev–Trinajstić information content (AvgIpc) is 3.11. The molecule has 0 heterocycles. The first-order valence-electron chi connectivity index (χ1n) is 14.0. The van der Waals surface area contributed by atoms with E-state index in [9.17, 15) is 13.4 Å². The van der Waals surface area contributed by atoms with E-state index in [2.05, 4.69) is 44.3 Å². The van der Waals surface area contributed by atoms with Crippen molar-refractivity contribution < 1.29 is 28.0 Å². The van der Waals surface area contributed by atoms with Crippen molar-refractivity contribution in [2.75, 3.05) is 25.7 Å². The van der Waals surface area contributed by atoms with Crippen molar-refractivity contribution in [1.82, 2.24) is 5.32 Å². The Hall–Kier alpha value is -3.23. The lowest BCUT2D eigenvalue weighted by Gasteiger charge is -2.31. The van der Waals surface area contributed by atoms with Gasteiger partial charge in [-0.2, -0.15) is 0 Å². The van der Waals surface area contributed by atoms with Gasteiger partial charge in [-0.15, -0.1) is 0 Å². The first-order valence-corrected chi connectivity index (χ1v) is 15.7. The third kappa shape index (κ3) is 9.40. The number of ether oxygens (including phenoxy) is 2. The molecule has 0 amide bonds. The van der Waals surface area contributed by atoms with Gasteiger partial charge in [-0.3, -0.25) is 9.00 Å². The number of rotatable bonds is 15. The van der Waals surface area contributed by atoms with Gasteiger partial charge in [0.25, 0.3) is 0 Å². The normalized spacial score (nSPS) is 15.6. The number of carboxylic acid groups (broad SMARTS) is 1. The van der Waals surface area contributed by atoms with Gasteiger partial charge in [-0.05, 0) is 96.9 Å². The van der Waals surface area contributed by atoms with Crippen LogP contribution in [0.2, 0.25) is 0 Å². The van der Waals surface area contributed by atoms with E-state index in [1.807, 2.05) is 24.3 Å². The van der Waals surface area contributed by atoms with Gasteiger partial charge < -0.3 is 19.9 Å². The molecule has 0 spiro atoms. The molecule has 0 fully saturated rings. The van der Waals surface area contributed by atoms with Crippen LogP contribution >= 0.6 is 0 Å². The minimum Gasteiger partial charge on any atom is -0.491 e. The Balaban J connectivity index is 1.71. The van der Waals surface area contributed by atoms with Crippen molar-refractivity contribution >= 4 is 16.8 Å². The number of hydrogen-bond donors (Lipinski definition) is 2. The second kappa shape index (κ2) is 15.1. The van der Waals surface area contributed by atoms with Crippen molar-refractivity contribution in [2.24, 2.45) is 0 Å². The van der Waals surface area contributed by atoms with E-state index >= 15 is 0 Å². The highest BCUT2D eigenvalue weighted by atomic mass is 32.2. The number of carboxylic acids is 1. The summed E-state index contributed by atoms with van der Waals surface area (Å²) in [6, 6.07) is 12.4. The van der Waals surface area contributed by atoms with Crippen LogP contribution in [-0.4, -0.2) is 46.6 Å². The van der Waals surface area contributed by atoms with Crippen molar-refractivity contribution in [3.8, 4) is 16.9 Å². The number of aryl methyl sites for hydroxylation is 2. The number of benzene rings is 2. The molecule has 0 aliphatic heterocycles. The number of aliphatic carboxylic acids is 1. The Bertz CT molecular complexity index is 1320. The molecule has 2 unspecified atom stereocenters. The minimum atomic E-state index is -0.940. The number of methoxy groups -OCH3 is 1. The van der Waals surface area contributed by atoms with E-state index in [1.165, 1.54) is 6.08 Å². The maximum atomic E-state index is 14.4. The highest BCUT2D eigenvalue weighted by molar-refractivity contribution is 7.84. The summed E-state index contributed by atoms with van der Waals surface area (Å²) in [7, 11) is 0.798. The highest BCUT2D eigenvalue weighted by Crippen LogP contribution is 2.33. The van der Waals surface area contributed by atoms with Gasteiger partial charge in [0.2, 0.25) is 0 Å². The van der Waals surface area contributed by atoms with Crippen LogP contribution in [0.3, 0.4) is 0 Å². The Kier molecular flexibility index (Phi) is 11.9. The largest absolute Gasteiger partial charge is 0.491 e. The van der Waals surface area contributed by atoms with E-state index in [1.54, 1.807) is 19.4 Å². The van der Waals surface area contributed by atoms with E-state index in [0.29, 0.717) is 37.3 Å². The third-order valence-corrected chi connectivity index (χ3v) is 8.35. The summed E-state index contributed by atoms with van der Waals surface area (Å²) >= 11 is 0. The lowest BCUT2D eigenvalue weighted by atomic mass is 9.94. The molecule has 1 aliphatic rings. The van der Waals surface area contributed by atoms with Crippen LogP contribution in [0.4, 0.5) is 4.39 Å². The molecule has 41 heavy (non-hydrogen) atoms. The van der Waals surface area contributed by atoms with Crippen molar-refractivity contribution in [3.05, 3.63) is 88.4 Å². The standard InChI is InChI=1S/C33H42FNO5S/c1-6-33(39-4,16-17-41(5)38)22-40-29-18-23(2)32(24(3)19-29)27-9-7-8-25(20-27)21-35-28-12-10-26(11-15-31(36)37)30(34)14-13-28/h7-10,12,14,18-20,35H,6,11,13,15-17,21-22H2,1-5H3,(H,36,37). The molecular formula is C33H42FNO5S.